The standard InChI is InChI=1S/C27H30O15/c1-9-20(32)22(34)24(36)26(39-9)38-8-18-21(33)23(35)25(37)27(42-18)40-11-5-14(30)19-15(31)7-16(41-17(19)6-11)10-2-3-12(28)13(29)4-10/h2-7,9,18,20-30,32-37H,8H2,1H3/t9-,18+,20+,21-,22-,23+,24-,25-,26-,27+/m1/s1. The quantitative estimate of drug-likeness (QED) is 0.149. The van der Waals surface area contributed by atoms with Crippen molar-refractivity contribution in [2.24, 2.45) is 0 Å². The van der Waals surface area contributed by atoms with Gasteiger partial charge in [0.25, 0.3) is 0 Å². The van der Waals surface area contributed by atoms with Gasteiger partial charge in [0.05, 0.1) is 12.7 Å². The number of phenols is 3. The topological polar surface area (TPSA) is 249 Å². The highest BCUT2D eigenvalue weighted by molar-refractivity contribution is 5.86. The summed E-state index contributed by atoms with van der Waals surface area (Å²) in [6.45, 7) is 0.938. The van der Waals surface area contributed by atoms with E-state index in [9.17, 15) is 50.8 Å². The largest absolute Gasteiger partial charge is 0.507 e. The number of phenolic OH excluding ortho intramolecular Hbond substituents is 3. The summed E-state index contributed by atoms with van der Waals surface area (Å²) in [7, 11) is 0. The van der Waals surface area contributed by atoms with Gasteiger partial charge in [0.15, 0.2) is 23.2 Å². The van der Waals surface area contributed by atoms with Crippen LogP contribution in [0.25, 0.3) is 22.3 Å². The zero-order valence-electron chi connectivity index (χ0n) is 21.9. The minimum absolute atomic E-state index is 0.0110. The number of aliphatic hydroxyl groups is 6. The Morgan fingerprint density at radius 3 is 2.14 bits per heavy atom. The molecule has 2 saturated heterocycles. The Balaban J connectivity index is 1.36. The lowest BCUT2D eigenvalue weighted by Gasteiger charge is -2.42. The van der Waals surface area contributed by atoms with Crippen LogP contribution in [0.1, 0.15) is 6.92 Å². The number of ether oxygens (including phenoxy) is 4. The Morgan fingerprint density at radius 1 is 0.738 bits per heavy atom. The van der Waals surface area contributed by atoms with Gasteiger partial charge in [0.2, 0.25) is 6.29 Å². The van der Waals surface area contributed by atoms with Crippen LogP contribution < -0.4 is 10.2 Å². The number of rotatable bonds is 6. The second-order valence-corrected chi connectivity index (χ2v) is 10.1. The fourth-order valence-corrected chi connectivity index (χ4v) is 4.76. The van der Waals surface area contributed by atoms with Crippen molar-refractivity contribution in [3.8, 4) is 34.3 Å². The van der Waals surface area contributed by atoms with E-state index in [-0.39, 0.29) is 33.8 Å². The third-order valence-corrected chi connectivity index (χ3v) is 7.20. The van der Waals surface area contributed by atoms with Crippen molar-refractivity contribution in [1.29, 1.82) is 0 Å². The van der Waals surface area contributed by atoms with Crippen LogP contribution in [0.2, 0.25) is 0 Å². The van der Waals surface area contributed by atoms with Gasteiger partial charge in [-0.25, -0.2) is 0 Å². The van der Waals surface area contributed by atoms with E-state index < -0.39 is 84.9 Å². The van der Waals surface area contributed by atoms with Crippen molar-refractivity contribution in [3.63, 3.8) is 0 Å². The molecular weight excluding hydrogens is 564 g/mol. The molecule has 5 rings (SSSR count). The highest BCUT2D eigenvalue weighted by atomic mass is 16.7. The van der Waals surface area contributed by atoms with Gasteiger partial charge in [0.1, 0.15) is 71.0 Å². The Bertz CT molecular complexity index is 1490. The van der Waals surface area contributed by atoms with Gasteiger partial charge in [-0.15, -0.1) is 0 Å². The third-order valence-electron chi connectivity index (χ3n) is 7.20. The molecule has 2 fully saturated rings. The molecule has 0 unspecified atom stereocenters. The van der Waals surface area contributed by atoms with E-state index in [0.717, 1.165) is 12.1 Å². The van der Waals surface area contributed by atoms with Crippen LogP contribution in [-0.2, 0) is 14.2 Å². The summed E-state index contributed by atoms with van der Waals surface area (Å²) in [6.07, 6.45) is -15.1. The van der Waals surface area contributed by atoms with E-state index in [0.29, 0.717) is 0 Å². The molecule has 10 atom stereocenters. The summed E-state index contributed by atoms with van der Waals surface area (Å²) in [5.41, 5.74) is -0.541. The fraction of sp³-hybridized carbons (Fsp3) is 0.444. The van der Waals surface area contributed by atoms with Crippen LogP contribution in [-0.4, -0.2) is 114 Å². The second kappa shape index (κ2) is 11.6. The summed E-state index contributed by atoms with van der Waals surface area (Å²) in [5, 5.41) is 91.0. The predicted octanol–water partition coefficient (Wildman–Crippen LogP) is -1.39. The summed E-state index contributed by atoms with van der Waals surface area (Å²) in [4.78, 5) is 12.7. The van der Waals surface area contributed by atoms with Gasteiger partial charge >= 0.3 is 0 Å². The SMILES string of the molecule is C[C@H]1O[C@@H](OC[C@@H]2O[C@H](Oc3cc(O)c4c(=O)cc(-c5ccc(O)c(O)c5)oc4c3)[C@H](O)[C@@H](O)[C@@H]2O)[C@H](O)[C@H](O)[C@H]1O. The van der Waals surface area contributed by atoms with Gasteiger partial charge in [-0.3, -0.25) is 4.79 Å². The van der Waals surface area contributed by atoms with Crippen molar-refractivity contribution in [2.75, 3.05) is 6.61 Å². The molecule has 15 heteroatoms. The van der Waals surface area contributed by atoms with E-state index in [1.807, 2.05) is 0 Å². The lowest BCUT2D eigenvalue weighted by Crippen LogP contribution is -2.61. The van der Waals surface area contributed by atoms with Gasteiger partial charge in [-0.1, -0.05) is 0 Å². The molecule has 0 bridgehead atoms. The summed E-state index contributed by atoms with van der Waals surface area (Å²) >= 11 is 0. The normalized spacial score (nSPS) is 33.5. The molecule has 0 spiro atoms. The first-order valence-corrected chi connectivity index (χ1v) is 12.9. The van der Waals surface area contributed by atoms with Crippen LogP contribution in [0, 0.1) is 0 Å². The molecular formula is C27H30O15. The molecule has 0 aliphatic carbocycles. The maximum Gasteiger partial charge on any atom is 0.229 e. The molecule has 15 nitrogen and oxygen atoms in total. The smallest absolute Gasteiger partial charge is 0.229 e. The van der Waals surface area contributed by atoms with Crippen molar-refractivity contribution in [1.82, 2.24) is 0 Å². The van der Waals surface area contributed by atoms with Crippen molar-refractivity contribution < 1.29 is 69.3 Å². The van der Waals surface area contributed by atoms with Crippen molar-refractivity contribution in [2.45, 2.75) is 68.3 Å². The Hall–Kier alpha value is -3.51. The number of hydrogen-bond donors (Lipinski definition) is 9. The van der Waals surface area contributed by atoms with Gasteiger partial charge in [0, 0.05) is 23.8 Å². The Morgan fingerprint density at radius 2 is 1.43 bits per heavy atom. The van der Waals surface area contributed by atoms with E-state index in [4.69, 9.17) is 23.4 Å². The van der Waals surface area contributed by atoms with Gasteiger partial charge in [-0.2, -0.15) is 0 Å². The van der Waals surface area contributed by atoms with E-state index in [1.165, 1.54) is 31.2 Å². The van der Waals surface area contributed by atoms with E-state index in [1.54, 1.807) is 0 Å². The maximum absolute atomic E-state index is 12.7. The van der Waals surface area contributed by atoms with Crippen molar-refractivity contribution in [3.05, 3.63) is 46.6 Å². The molecule has 228 valence electrons. The molecule has 42 heavy (non-hydrogen) atoms. The molecule has 3 aromatic rings. The van der Waals surface area contributed by atoms with Crippen LogP contribution >= 0.6 is 0 Å². The van der Waals surface area contributed by atoms with Crippen LogP contribution in [0.15, 0.2) is 45.6 Å². The number of fused-ring (bicyclic) bond motifs is 1. The highest BCUT2D eigenvalue weighted by Crippen LogP contribution is 2.35. The zero-order chi connectivity index (χ0) is 30.5. The monoisotopic (exact) mass is 594 g/mol. The number of benzene rings is 2. The minimum Gasteiger partial charge on any atom is -0.507 e. The molecule has 9 N–H and O–H groups in total. The average Bonchev–Trinajstić information content (AvgIpc) is 2.95. The number of aromatic hydroxyl groups is 3. The lowest BCUT2D eigenvalue weighted by molar-refractivity contribution is -0.318. The van der Waals surface area contributed by atoms with E-state index >= 15 is 0 Å². The number of hydrogen-bond acceptors (Lipinski definition) is 15. The summed E-state index contributed by atoms with van der Waals surface area (Å²) in [6, 6.07) is 7.09. The Labute approximate surface area is 236 Å². The van der Waals surface area contributed by atoms with Crippen LogP contribution in [0.3, 0.4) is 0 Å². The van der Waals surface area contributed by atoms with Gasteiger partial charge < -0.3 is 69.3 Å². The lowest BCUT2D eigenvalue weighted by atomic mass is 9.98. The van der Waals surface area contributed by atoms with Gasteiger partial charge in [-0.05, 0) is 25.1 Å². The van der Waals surface area contributed by atoms with Crippen molar-refractivity contribution >= 4 is 11.0 Å². The molecule has 2 aliphatic rings. The number of aliphatic hydroxyl groups excluding tert-OH is 6. The Kier molecular flexibility index (Phi) is 8.30. The molecule has 0 saturated carbocycles. The third kappa shape index (κ3) is 5.61. The molecule has 0 amide bonds. The first kappa shape index (κ1) is 30.0. The maximum atomic E-state index is 12.7. The fourth-order valence-electron chi connectivity index (χ4n) is 4.76. The molecule has 2 aliphatic heterocycles. The predicted molar refractivity (Wildman–Crippen MR) is 139 cm³/mol. The second-order valence-electron chi connectivity index (χ2n) is 10.1. The zero-order valence-corrected chi connectivity index (χ0v) is 21.9. The first-order chi connectivity index (χ1) is 19.8. The summed E-state index contributed by atoms with van der Waals surface area (Å²) < 4.78 is 27.8. The first-order valence-electron chi connectivity index (χ1n) is 12.9. The molecule has 3 heterocycles. The minimum atomic E-state index is -1.79. The van der Waals surface area contributed by atoms with E-state index in [2.05, 4.69) is 0 Å². The average molecular weight is 595 g/mol. The summed E-state index contributed by atoms with van der Waals surface area (Å²) in [5.74, 6) is -1.56. The highest BCUT2D eigenvalue weighted by Gasteiger charge is 2.47. The molecule has 1 aromatic heterocycles. The molecule has 0 radical (unpaired) electrons. The molecule has 2 aromatic carbocycles. The van der Waals surface area contributed by atoms with Crippen LogP contribution in [0.5, 0.6) is 23.0 Å². The van der Waals surface area contributed by atoms with Crippen LogP contribution in [0.4, 0.5) is 0 Å².